The molecule has 19 heavy (non-hydrogen) atoms. The highest BCUT2D eigenvalue weighted by Crippen LogP contribution is 2.17. The maximum absolute atomic E-state index is 13.1. The van der Waals surface area contributed by atoms with E-state index in [1.165, 1.54) is 11.0 Å². The van der Waals surface area contributed by atoms with E-state index in [-0.39, 0.29) is 24.9 Å². The van der Waals surface area contributed by atoms with Crippen molar-refractivity contribution >= 4 is 11.8 Å². The maximum Gasteiger partial charge on any atom is 0.248 e. The molecule has 1 aromatic rings. The first-order valence-corrected chi connectivity index (χ1v) is 5.84. The average molecular weight is 268 g/mol. The number of hydrogen-bond acceptors (Lipinski definition) is 2. The Bertz CT molecular complexity index is 543. The normalized spacial score (nSPS) is 18.4. The molecule has 1 aliphatic rings. The smallest absolute Gasteiger partial charge is 0.248 e. The molecule has 0 atom stereocenters. The van der Waals surface area contributed by atoms with Crippen LogP contribution in [0.3, 0.4) is 0 Å². The van der Waals surface area contributed by atoms with Crippen LogP contribution in [-0.4, -0.2) is 28.8 Å². The lowest BCUT2D eigenvalue weighted by Crippen LogP contribution is -2.63. The molecule has 0 unspecified atom stereocenters. The molecule has 6 heteroatoms. The number of halogens is 2. The summed E-state index contributed by atoms with van der Waals surface area (Å²) in [4.78, 5) is 24.9. The third-order valence-corrected chi connectivity index (χ3v) is 2.97. The van der Waals surface area contributed by atoms with Gasteiger partial charge in [0.05, 0.1) is 6.54 Å². The quantitative estimate of drug-likeness (QED) is 0.876. The molecule has 1 N–H and O–H groups in total. The lowest BCUT2D eigenvalue weighted by Gasteiger charge is -2.37. The van der Waals surface area contributed by atoms with Gasteiger partial charge in [-0.15, -0.1) is 0 Å². The second kappa shape index (κ2) is 4.60. The number of carbonyl (C=O) groups excluding carboxylic acids is 2. The van der Waals surface area contributed by atoms with E-state index in [0.29, 0.717) is 5.56 Å². The van der Waals surface area contributed by atoms with Gasteiger partial charge in [0, 0.05) is 6.54 Å². The van der Waals surface area contributed by atoms with Crippen molar-refractivity contribution in [3.8, 4) is 0 Å². The number of carbonyl (C=O) groups is 2. The van der Waals surface area contributed by atoms with Crippen LogP contribution in [0.4, 0.5) is 8.78 Å². The first kappa shape index (κ1) is 13.5. The molecule has 1 fully saturated rings. The minimum Gasteiger partial charge on any atom is -0.341 e. The summed E-state index contributed by atoms with van der Waals surface area (Å²) in [7, 11) is 0. The molecule has 0 spiro atoms. The molecule has 2 rings (SSSR count). The predicted octanol–water partition coefficient (Wildman–Crippen LogP) is 1.20. The molecule has 0 saturated carbocycles. The van der Waals surface area contributed by atoms with Crippen LogP contribution < -0.4 is 5.32 Å². The lowest BCUT2D eigenvalue weighted by molar-refractivity contribution is -0.148. The number of nitrogens with zero attached hydrogens (tertiary/aromatic N) is 1. The highest BCUT2D eigenvalue weighted by molar-refractivity contribution is 5.97. The van der Waals surface area contributed by atoms with Gasteiger partial charge in [0.15, 0.2) is 11.6 Å². The van der Waals surface area contributed by atoms with Gasteiger partial charge in [-0.3, -0.25) is 9.59 Å². The van der Waals surface area contributed by atoms with Crippen molar-refractivity contribution in [3.63, 3.8) is 0 Å². The van der Waals surface area contributed by atoms with Crippen LogP contribution in [0.1, 0.15) is 19.4 Å². The molecule has 2 amide bonds. The Balaban J connectivity index is 2.19. The minimum absolute atomic E-state index is 0.0763. The van der Waals surface area contributed by atoms with Crippen molar-refractivity contribution in [2.24, 2.45) is 0 Å². The van der Waals surface area contributed by atoms with E-state index in [9.17, 15) is 18.4 Å². The summed E-state index contributed by atoms with van der Waals surface area (Å²) in [6.45, 7) is 3.20. The van der Waals surface area contributed by atoms with Gasteiger partial charge in [0.1, 0.15) is 5.54 Å². The molecular weight excluding hydrogens is 254 g/mol. The summed E-state index contributed by atoms with van der Waals surface area (Å²) in [5, 5.41) is 2.58. The summed E-state index contributed by atoms with van der Waals surface area (Å²) >= 11 is 0. The Morgan fingerprint density at radius 2 is 1.95 bits per heavy atom. The first-order chi connectivity index (χ1) is 8.79. The van der Waals surface area contributed by atoms with E-state index < -0.39 is 17.2 Å². The predicted molar refractivity (Wildman–Crippen MR) is 64.0 cm³/mol. The highest BCUT2D eigenvalue weighted by Gasteiger charge is 2.38. The second-order valence-electron chi connectivity index (χ2n) is 5.08. The molecule has 0 aliphatic carbocycles. The molecule has 1 saturated heterocycles. The maximum atomic E-state index is 13.1. The van der Waals surface area contributed by atoms with E-state index in [4.69, 9.17) is 0 Å². The fourth-order valence-corrected chi connectivity index (χ4v) is 2.07. The highest BCUT2D eigenvalue weighted by atomic mass is 19.2. The monoisotopic (exact) mass is 268 g/mol. The summed E-state index contributed by atoms with van der Waals surface area (Å²) in [5.74, 6) is -2.43. The Hall–Kier alpha value is -1.98. The van der Waals surface area contributed by atoms with Crippen LogP contribution >= 0.6 is 0 Å². The van der Waals surface area contributed by atoms with Crippen molar-refractivity contribution < 1.29 is 18.4 Å². The van der Waals surface area contributed by atoms with Crippen LogP contribution in [0.15, 0.2) is 18.2 Å². The molecule has 0 bridgehead atoms. The van der Waals surface area contributed by atoms with E-state index in [2.05, 4.69) is 5.32 Å². The van der Waals surface area contributed by atoms with E-state index in [1.807, 2.05) is 0 Å². The van der Waals surface area contributed by atoms with Gasteiger partial charge in [0.2, 0.25) is 11.8 Å². The Morgan fingerprint density at radius 1 is 1.26 bits per heavy atom. The molecule has 1 aliphatic heterocycles. The van der Waals surface area contributed by atoms with Crippen LogP contribution in [-0.2, 0) is 16.1 Å². The van der Waals surface area contributed by atoms with Crippen molar-refractivity contribution in [2.45, 2.75) is 25.9 Å². The molecule has 102 valence electrons. The van der Waals surface area contributed by atoms with E-state index in [0.717, 1.165) is 12.1 Å². The second-order valence-corrected chi connectivity index (χ2v) is 5.08. The van der Waals surface area contributed by atoms with Crippen LogP contribution in [0.25, 0.3) is 0 Å². The topological polar surface area (TPSA) is 49.4 Å². The van der Waals surface area contributed by atoms with Gasteiger partial charge in [-0.1, -0.05) is 6.07 Å². The summed E-state index contributed by atoms with van der Waals surface area (Å²) < 4.78 is 25.9. The molecule has 4 nitrogen and oxygen atoms in total. The van der Waals surface area contributed by atoms with Crippen molar-refractivity contribution in [1.82, 2.24) is 10.2 Å². The zero-order chi connectivity index (χ0) is 14.2. The Labute approximate surface area is 109 Å². The zero-order valence-corrected chi connectivity index (χ0v) is 10.7. The number of piperazine rings is 1. The van der Waals surface area contributed by atoms with E-state index >= 15 is 0 Å². The Kier molecular flexibility index (Phi) is 3.26. The standard InChI is InChI=1S/C13H14F2N2O2/c1-13(2)12(19)17(7-11(18)16-13)6-8-3-4-9(14)10(15)5-8/h3-5H,6-7H2,1-2H3,(H,16,18). The SMILES string of the molecule is CC1(C)NC(=O)CN(Cc2ccc(F)c(F)c2)C1=O. The van der Waals surface area contributed by atoms with Gasteiger partial charge in [-0.2, -0.15) is 0 Å². The van der Waals surface area contributed by atoms with Gasteiger partial charge >= 0.3 is 0 Å². The summed E-state index contributed by atoms with van der Waals surface area (Å²) in [5.41, 5.74) is -0.536. The van der Waals surface area contributed by atoms with Crippen LogP contribution in [0.2, 0.25) is 0 Å². The van der Waals surface area contributed by atoms with Crippen molar-refractivity contribution in [1.29, 1.82) is 0 Å². The number of benzene rings is 1. The van der Waals surface area contributed by atoms with Gasteiger partial charge < -0.3 is 10.2 Å². The van der Waals surface area contributed by atoms with Gasteiger partial charge in [-0.05, 0) is 31.5 Å². The first-order valence-electron chi connectivity index (χ1n) is 5.84. The van der Waals surface area contributed by atoms with Crippen molar-refractivity contribution in [3.05, 3.63) is 35.4 Å². The number of amides is 2. The number of rotatable bonds is 2. The van der Waals surface area contributed by atoms with Crippen LogP contribution in [0.5, 0.6) is 0 Å². The molecule has 1 heterocycles. The lowest BCUT2D eigenvalue weighted by atomic mass is 10.00. The van der Waals surface area contributed by atoms with E-state index in [1.54, 1.807) is 13.8 Å². The third kappa shape index (κ3) is 2.72. The van der Waals surface area contributed by atoms with Crippen molar-refractivity contribution in [2.75, 3.05) is 6.54 Å². The number of hydrogen-bond donors (Lipinski definition) is 1. The molecule has 1 aromatic carbocycles. The molecular formula is C13H14F2N2O2. The Morgan fingerprint density at radius 3 is 2.58 bits per heavy atom. The summed E-state index contributed by atoms with van der Waals surface area (Å²) in [6.07, 6.45) is 0. The third-order valence-electron chi connectivity index (χ3n) is 2.97. The minimum atomic E-state index is -0.978. The molecule has 0 aromatic heterocycles. The van der Waals surface area contributed by atoms with Crippen LogP contribution in [0, 0.1) is 11.6 Å². The summed E-state index contributed by atoms with van der Waals surface area (Å²) in [6, 6.07) is 3.43. The fraction of sp³-hybridized carbons (Fsp3) is 0.385. The van der Waals surface area contributed by atoms with Gasteiger partial charge in [-0.25, -0.2) is 8.78 Å². The fourth-order valence-electron chi connectivity index (χ4n) is 2.07. The average Bonchev–Trinajstić information content (AvgIpc) is 2.30. The largest absolute Gasteiger partial charge is 0.341 e. The zero-order valence-electron chi connectivity index (χ0n) is 10.7. The number of nitrogens with one attached hydrogen (secondary N) is 1. The molecule has 0 radical (unpaired) electrons. The van der Waals surface area contributed by atoms with Gasteiger partial charge in [0.25, 0.3) is 0 Å².